The standard InChI is InChI=1S/C15H24N2.ClH/c1-3-13-6-8-14(9-7-13)11-17-10-4-5-15(12-17)16-2;/h6-9,15-16H,3-5,10-12H2,1-2H3;1H. The van der Waals surface area contributed by atoms with Crippen LogP contribution in [0.4, 0.5) is 0 Å². The lowest BCUT2D eigenvalue weighted by molar-refractivity contribution is 0.188. The number of nitrogens with zero attached hydrogens (tertiary/aromatic N) is 1. The van der Waals surface area contributed by atoms with E-state index in [1.807, 2.05) is 0 Å². The predicted octanol–water partition coefficient (Wildman–Crippen LogP) is 2.85. The second-order valence-corrected chi connectivity index (χ2v) is 5.03. The van der Waals surface area contributed by atoms with Crippen molar-refractivity contribution >= 4 is 12.4 Å². The summed E-state index contributed by atoms with van der Waals surface area (Å²) in [5, 5.41) is 3.40. The van der Waals surface area contributed by atoms with E-state index in [2.05, 4.69) is 48.5 Å². The molecule has 0 aliphatic carbocycles. The Morgan fingerprint density at radius 1 is 1.22 bits per heavy atom. The van der Waals surface area contributed by atoms with Gasteiger partial charge in [0.15, 0.2) is 0 Å². The molecule has 1 N–H and O–H groups in total. The highest BCUT2D eigenvalue weighted by molar-refractivity contribution is 5.85. The van der Waals surface area contributed by atoms with Gasteiger partial charge in [-0.2, -0.15) is 0 Å². The number of rotatable bonds is 4. The van der Waals surface area contributed by atoms with Gasteiger partial charge in [0.05, 0.1) is 0 Å². The summed E-state index contributed by atoms with van der Waals surface area (Å²) >= 11 is 0. The molecule has 18 heavy (non-hydrogen) atoms. The Labute approximate surface area is 117 Å². The predicted molar refractivity (Wildman–Crippen MR) is 80.4 cm³/mol. The van der Waals surface area contributed by atoms with Crippen molar-refractivity contribution in [2.75, 3.05) is 20.1 Å². The maximum atomic E-state index is 3.40. The van der Waals surface area contributed by atoms with Gasteiger partial charge in [0.2, 0.25) is 0 Å². The minimum Gasteiger partial charge on any atom is -0.316 e. The van der Waals surface area contributed by atoms with E-state index in [1.165, 1.54) is 37.1 Å². The number of benzene rings is 1. The summed E-state index contributed by atoms with van der Waals surface area (Å²) in [6.07, 6.45) is 3.77. The zero-order valence-electron chi connectivity index (χ0n) is 11.5. The highest BCUT2D eigenvalue weighted by Gasteiger charge is 2.17. The molecule has 1 atom stereocenters. The highest BCUT2D eigenvalue weighted by atomic mass is 35.5. The first-order valence-electron chi connectivity index (χ1n) is 6.79. The molecule has 3 heteroatoms. The number of piperidine rings is 1. The average Bonchev–Trinajstić information content (AvgIpc) is 2.40. The molecule has 1 unspecified atom stereocenters. The van der Waals surface area contributed by atoms with Crippen molar-refractivity contribution in [2.45, 2.75) is 38.8 Å². The molecule has 1 aromatic rings. The van der Waals surface area contributed by atoms with E-state index in [4.69, 9.17) is 0 Å². The van der Waals surface area contributed by atoms with Crippen molar-refractivity contribution in [2.24, 2.45) is 0 Å². The van der Waals surface area contributed by atoms with Crippen LogP contribution in [0.3, 0.4) is 0 Å². The van der Waals surface area contributed by atoms with Crippen LogP contribution in [-0.2, 0) is 13.0 Å². The fraction of sp³-hybridized carbons (Fsp3) is 0.600. The number of likely N-dealkylation sites (tertiary alicyclic amines) is 1. The smallest absolute Gasteiger partial charge is 0.0234 e. The third-order valence-electron chi connectivity index (χ3n) is 3.75. The molecule has 0 amide bonds. The van der Waals surface area contributed by atoms with Crippen molar-refractivity contribution in [3.63, 3.8) is 0 Å². The molecule has 0 bridgehead atoms. The quantitative estimate of drug-likeness (QED) is 0.903. The van der Waals surface area contributed by atoms with Crippen LogP contribution in [0.5, 0.6) is 0 Å². The monoisotopic (exact) mass is 268 g/mol. The van der Waals surface area contributed by atoms with Crippen LogP contribution in [0.25, 0.3) is 0 Å². The molecular weight excluding hydrogens is 244 g/mol. The number of aryl methyl sites for hydroxylation is 1. The van der Waals surface area contributed by atoms with E-state index in [0.29, 0.717) is 6.04 Å². The zero-order valence-corrected chi connectivity index (χ0v) is 12.3. The Hall–Kier alpha value is -0.570. The van der Waals surface area contributed by atoms with E-state index in [-0.39, 0.29) is 12.4 Å². The van der Waals surface area contributed by atoms with Crippen molar-refractivity contribution in [3.8, 4) is 0 Å². The van der Waals surface area contributed by atoms with Crippen LogP contribution in [0.1, 0.15) is 30.9 Å². The number of hydrogen-bond donors (Lipinski definition) is 1. The van der Waals surface area contributed by atoms with Crippen LogP contribution in [0.2, 0.25) is 0 Å². The second-order valence-electron chi connectivity index (χ2n) is 5.03. The van der Waals surface area contributed by atoms with E-state index in [1.54, 1.807) is 0 Å². The fourth-order valence-electron chi connectivity index (χ4n) is 2.57. The van der Waals surface area contributed by atoms with Gasteiger partial charge in [-0.15, -0.1) is 12.4 Å². The summed E-state index contributed by atoms with van der Waals surface area (Å²) in [5.74, 6) is 0. The summed E-state index contributed by atoms with van der Waals surface area (Å²) in [4.78, 5) is 2.56. The first-order valence-corrected chi connectivity index (χ1v) is 6.79. The zero-order chi connectivity index (χ0) is 12.1. The van der Waals surface area contributed by atoms with Crippen molar-refractivity contribution in [1.29, 1.82) is 0 Å². The van der Waals surface area contributed by atoms with E-state index in [0.717, 1.165) is 13.0 Å². The second kappa shape index (κ2) is 7.78. The molecule has 2 nitrogen and oxygen atoms in total. The minimum absolute atomic E-state index is 0. The minimum atomic E-state index is 0. The van der Waals surface area contributed by atoms with E-state index in [9.17, 15) is 0 Å². The summed E-state index contributed by atoms with van der Waals surface area (Å²) in [6, 6.07) is 9.76. The molecule has 0 saturated carbocycles. The van der Waals surface area contributed by atoms with Crippen LogP contribution in [0.15, 0.2) is 24.3 Å². The SMILES string of the molecule is CCc1ccc(CN2CCCC(NC)C2)cc1.Cl. The lowest BCUT2D eigenvalue weighted by atomic mass is 10.0. The summed E-state index contributed by atoms with van der Waals surface area (Å²) in [5.41, 5.74) is 2.87. The molecule has 1 saturated heterocycles. The Kier molecular flexibility index (Phi) is 6.69. The van der Waals surface area contributed by atoms with Crippen molar-refractivity contribution < 1.29 is 0 Å². The Bertz CT molecular complexity index is 337. The summed E-state index contributed by atoms with van der Waals surface area (Å²) < 4.78 is 0. The average molecular weight is 269 g/mol. The topological polar surface area (TPSA) is 15.3 Å². The maximum absolute atomic E-state index is 3.40. The molecule has 1 heterocycles. The summed E-state index contributed by atoms with van der Waals surface area (Å²) in [7, 11) is 2.07. The molecule has 1 aliphatic heterocycles. The lowest BCUT2D eigenvalue weighted by Gasteiger charge is -2.32. The summed E-state index contributed by atoms with van der Waals surface area (Å²) in [6.45, 7) is 5.74. The van der Waals surface area contributed by atoms with Crippen LogP contribution in [0, 0.1) is 0 Å². The number of likely N-dealkylation sites (N-methyl/N-ethyl adjacent to an activating group) is 1. The largest absolute Gasteiger partial charge is 0.316 e. The van der Waals surface area contributed by atoms with Crippen LogP contribution < -0.4 is 5.32 Å². The normalized spacial score (nSPS) is 20.4. The Balaban J connectivity index is 0.00000162. The lowest BCUT2D eigenvalue weighted by Crippen LogP contribution is -2.43. The van der Waals surface area contributed by atoms with Gasteiger partial charge in [-0.3, -0.25) is 4.90 Å². The van der Waals surface area contributed by atoms with Crippen molar-refractivity contribution in [3.05, 3.63) is 35.4 Å². The number of nitrogens with one attached hydrogen (secondary N) is 1. The van der Waals surface area contributed by atoms with Gasteiger partial charge in [0.25, 0.3) is 0 Å². The van der Waals surface area contributed by atoms with Gasteiger partial charge in [-0.05, 0) is 44.0 Å². The molecule has 1 fully saturated rings. The molecular formula is C15H25ClN2. The first-order chi connectivity index (χ1) is 8.31. The molecule has 1 aromatic carbocycles. The van der Waals surface area contributed by atoms with Crippen LogP contribution in [-0.4, -0.2) is 31.1 Å². The Morgan fingerprint density at radius 3 is 2.50 bits per heavy atom. The molecule has 0 spiro atoms. The van der Waals surface area contributed by atoms with Gasteiger partial charge in [0, 0.05) is 19.1 Å². The molecule has 0 radical (unpaired) electrons. The van der Waals surface area contributed by atoms with Crippen LogP contribution >= 0.6 is 12.4 Å². The molecule has 102 valence electrons. The number of halogens is 1. The highest BCUT2D eigenvalue weighted by Crippen LogP contribution is 2.14. The van der Waals surface area contributed by atoms with Gasteiger partial charge < -0.3 is 5.32 Å². The van der Waals surface area contributed by atoms with Gasteiger partial charge in [-0.25, -0.2) is 0 Å². The molecule has 2 rings (SSSR count). The van der Waals surface area contributed by atoms with E-state index < -0.39 is 0 Å². The first kappa shape index (κ1) is 15.5. The van der Waals surface area contributed by atoms with Gasteiger partial charge >= 0.3 is 0 Å². The van der Waals surface area contributed by atoms with Gasteiger partial charge in [-0.1, -0.05) is 31.2 Å². The Morgan fingerprint density at radius 2 is 1.89 bits per heavy atom. The van der Waals surface area contributed by atoms with E-state index >= 15 is 0 Å². The maximum Gasteiger partial charge on any atom is 0.0234 e. The molecule has 0 aromatic heterocycles. The van der Waals surface area contributed by atoms with Crippen molar-refractivity contribution in [1.82, 2.24) is 10.2 Å². The van der Waals surface area contributed by atoms with Gasteiger partial charge in [0.1, 0.15) is 0 Å². The third kappa shape index (κ3) is 4.27. The molecule has 1 aliphatic rings. The number of hydrogen-bond acceptors (Lipinski definition) is 2. The fourth-order valence-corrected chi connectivity index (χ4v) is 2.57. The third-order valence-corrected chi connectivity index (χ3v) is 3.75.